The summed E-state index contributed by atoms with van der Waals surface area (Å²) in [4.78, 5) is 7.42. The molecule has 9 nitrogen and oxygen atoms in total. The fourth-order valence-electron chi connectivity index (χ4n) is 6.28. The maximum Gasteiger partial charge on any atom is 0.191 e. The molecule has 2 aliphatic carbocycles. The van der Waals surface area contributed by atoms with Gasteiger partial charge in [0.1, 0.15) is 12.4 Å². The van der Waals surface area contributed by atoms with E-state index in [0.717, 1.165) is 76.4 Å². The maximum absolute atomic E-state index is 6.18. The van der Waals surface area contributed by atoms with Gasteiger partial charge in [0.2, 0.25) is 0 Å². The second kappa shape index (κ2) is 9.65. The zero-order valence-electron chi connectivity index (χ0n) is 19.7. The Balaban J connectivity index is 1.23. The summed E-state index contributed by atoms with van der Waals surface area (Å²) >= 11 is 0. The fourth-order valence-corrected chi connectivity index (χ4v) is 6.28. The van der Waals surface area contributed by atoms with Gasteiger partial charge >= 0.3 is 0 Å². The van der Waals surface area contributed by atoms with Crippen molar-refractivity contribution in [2.24, 2.45) is 23.4 Å². The molecule has 1 aromatic rings. The topological polar surface area (TPSA) is 88.8 Å². The lowest BCUT2D eigenvalue weighted by Gasteiger charge is -2.57. The highest BCUT2D eigenvalue weighted by Gasteiger charge is 2.65. The summed E-state index contributed by atoms with van der Waals surface area (Å²) in [5, 5.41) is 16.0. The third-order valence-corrected chi connectivity index (χ3v) is 8.19. The first kappa shape index (κ1) is 22.1. The van der Waals surface area contributed by atoms with Gasteiger partial charge in [0.25, 0.3) is 0 Å². The molecule has 3 heterocycles. The Kier molecular flexibility index (Phi) is 6.66. The number of rotatable bonds is 7. The molecule has 2 N–H and O–H groups in total. The summed E-state index contributed by atoms with van der Waals surface area (Å²) in [6.07, 6.45) is 7.90. The van der Waals surface area contributed by atoms with E-state index in [1.54, 1.807) is 0 Å². The van der Waals surface area contributed by atoms with Crippen LogP contribution in [0.25, 0.3) is 0 Å². The number of aryl methyl sites for hydroxylation is 1. The van der Waals surface area contributed by atoms with Crippen molar-refractivity contribution in [3.63, 3.8) is 0 Å². The smallest absolute Gasteiger partial charge is 0.191 e. The first-order valence-electron chi connectivity index (χ1n) is 12.5. The third kappa shape index (κ3) is 4.26. The molecular formula is C23H39N7O2. The number of nitrogens with one attached hydrogen (secondary N) is 2. The number of hydrogen-bond acceptors (Lipinski definition) is 6. The van der Waals surface area contributed by atoms with Crippen molar-refractivity contribution in [1.29, 1.82) is 0 Å². The van der Waals surface area contributed by atoms with Gasteiger partial charge in [0.15, 0.2) is 11.8 Å². The van der Waals surface area contributed by atoms with Gasteiger partial charge < -0.3 is 24.7 Å². The van der Waals surface area contributed by atoms with Gasteiger partial charge in [0.05, 0.1) is 19.3 Å². The summed E-state index contributed by atoms with van der Waals surface area (Å²) in [6, 6.07) is 0.462. The molecule has 1 aromatic heterocycles. The van der Waals surface area contributed by atoms with Gasteiger partial charge in [-0.3, -0.25) is 4.90 Å². The number of hydrogen-bond donors (Lipinski definition) is 2. The van der Waals surface area contributed by atoms with E-state index in [1.807, 2.05) is 18.5 Å². The van der Waals surface area contributed by atoms with Crippen LogP contribution in [0.3, 0.4) is 0 Å². The number of ether oxygens (including phenoxy) is 2. The van der Waals surface area contributed by atoms with E-state index in [0.29, 0.717) is 30.0 Å². The minimum absolute atomic E-state index is 0.304. The third-order valence-electron chi connectivity index (χ3n) is 8.19. The molecule has 0 amide bonds. The van der Waals surface area contributed by atoms with Gasteiger partial charge in [0, 0.05) is 50.7 Å². The van der Waals surface area contributed by atoms with Crippen LogP contribution in [-0.4, -0.2) is 83.8 Å². The Bertz CT molecular complexity index is 798. The highest BCUT2D eigenvalue weighted by Crippen LogP contribution is 2.60. The van der Waals surface area contributed by atoms with Gasteiger partial charge in [-0.2, -0.15) is 0 Å². The van der Waals surface area contributed by atoms with E-state index in [4.69, 9.17) is 14.5 Å². The zero-order chi connectivity index (χ0) is 22.0. The van der Waals surface area contributed by atoms with Crippen LogP contribution in [0.2, 0.25) is 0 Å². The number of aliphatic imine (C=N–C) groups is 1. The molecule has 0 aromatic carbocycles. The van der Waals surface area contributed by atoms with Crippen LogP contribution in [0.15, 0.2) is 4.99 Å². The molecule has 4 aliphatic rings. The van der Waals surface area contributed by atoms with Crippen LogP contribution in [-0.2, 0) is 23.1 Å². The molecule has 32 heavy (non-hydrogen) atoms. The van der Waals surface area contributed by atoms with Crippen molar-refractivity contribution in [3.05, 3.63) is 11.6 Å². The molecule has 2 aliphatic heterocycles. The molecule has 0 bridgehead atoms. The Hall–Kier alpha value is -1.71. The second-order valence-electron chi connectivity index (χ2n) is 9.93. The number of morpholine rings is 1. The molecule has 5 rings (SSSR count). The van der Waals surface area contributed by atoms with Gasteiger partial charge in [-0.15, -0.1) is 10.2 Å². The summed E-state index contributed by atoms with van der Waals surface area (Å²) in [6.45, 7) is 9.20. The molecule has 4 fully saturated rings. The SMILES string of the molecule is Cc1nnc(CN=C(NCCCN2CCOCC2)NC2C3CCOC3C23CCCC3)n1C. The molecule has 3 unspecified atom stereocenters. The van der Waals surface area contributed by atoms with Crippen molar-refractivity contribution in [2.45, 2.75) is 64.1 Å². The summed E-state index contributed by atoms with van der Waals surface area (Å²) in [7, 11) is 2.00. The quantitative estimate of drug-likeness (QED) is 0.371. The Morgan fingerprint density at radius 1 is 1.19 bits per heavy atom. The molecule has 1 spiro atoms. The van der Waals surface area contributed by atoms with E-state index in [1.165, 1.54) is 25.7 Å². The lowest BCUT2D eigenvalue weighted by atomic mass is 9.54. The first-order chi connectivity index (χ1) is 15.7. The molecule has 9 heteroatoms. The van der Waals surface area contributed by atoms with Gasteiger partial charge in [-0.05, 0) is 39.2 Å². The fraction of sp³-hybridized carbons (Fsp3) is 0.870. The molecule has 178 valence electrons. The lowest BCUT2D eigenvalue weighted by Crippen LogP contribution is -2.69. The van der Waals surface area contributed by atoms with Crippen LogP contribution in [0, 0.1) is 18.3 Å². The Labute approximate surface area is 191 Å². The Morgan fingerprint density at radius 2 is 2.00 bits per heavy atom. The maximum atomic E-state index is 6.18. The van der Waals surface area contributed by atoms with E-state index in [2.05, 4.69) is 25.7 Å². The average molecular weight is 446 g/mol. The van der Waals surface area contributed by atoms with Crippen LogP contribution < -0.4 is 10.6 Å². The molecular weight excluding hydrogens is 406 g/mol. The van der Waals surface area contributed by atoms with Crippen LogP contribution in [0.5, 0.6) is 0 Å². The molecule has 3 atom stereocenters. The minimum Gasteiger partial charge on any atom is -0.379 e. The van der Waals surface area contributed by atoms with Crippen molar-refractivity contribution in [3.8, 4) is 0 Å². The number of nitrogens with zero attached hydrogens (tertiary/aromatic N) is 5. The van der Waals surface area contributed by atoms with Gasteiger partial charge in [-0.25, -0.2) is 4.99 Å². The normalized spacial score (nSPS) is 29.8. The van der Waals surface area contributed by atoms with E-state index in [-0.39, 0.29) is 0 Å². The predicted octanol–water partition coefficient (Wildman–Crippen LogP) is 1.23. The number of aromatic nitrogens is 3. The zero-order valence-corrected chi connectivity index (χ0v) is 19.7. The molecule has 0 radical (unpaired) electrons. The number of guanidine groups is 1. The number of fused-ring (bicyclic) bond motifs is 2. The standard InChI is InChI=1S/C23H39N7O2/c1-17-27-28-19(29(17)2)16-25-22(24-9-5-10-30-11-14-31-15-12-30)26-20-18-6-13-32-21(18)23(20)7-3-4-8-23/h18,20-21H,3-16H2,1-2H3,(H2,24,25,26). The van der Waals surface area contributed by atoms with E-state index < -0.39 is 0 Å². The second-order valence-corrected chi connectivity index (χ2v) is 9.93. The summed E-state index contributed by atoms with van der Waals surface area (Å²) < 4.78 is 13.7. The summed E-state index contributed by atoms with van der Waals surface area (Å²) in [5.41, 5.74) is 0.304. The highest BCUT2D eigenvalue weighted by atomic mass is 16.5. The molecule has 2 saturated carbocycles. The lowest BCUT2D eigenvalue weighted by molar-refractivity contribution is -0.125. The monoisotopic (exact) mass is 445 g/mol. The van der Waals surface area contributed by atoms with Crippen LogP contribution in [0.4, 0.5) is 0 Å². The summed E-state index contributed by atoms with van der Waals surface area (Å²) in [5.74, 6) is 3.33. The van der Waals surface area contributed by atoms with Crippen molar-refractivity contribution >= 4 is 5.96 Å². The van der Waals surface area contributed by atoms with Crippen LogP contribution in [0.1, 0.15) is 50.2 Å². The predicted molar refractivity (Wildman–Crippen MR) is 122 cm³/mol. The van der Waals surface area contributed by atoms with Crippen molar-refractivity contribution < 1.29 is 9.47 Å². The largest absolute Gasteiger partial charge is 0.379 e. The minimum atomic E-state index is 0.304. The van der Waals surface area contributed by atoms with Crippen molar-refractivity contribution in [1.82, 2.24) is 30.3 Å². The highest BCUT2D eigenvalue weighted by molar-refractivity contribution is 5.80. The van der Waals surface area contributed by atoms with E-state index >= 15 is 0 Å². The Morgan fingerprint density at radius 3 is 2.75 bits per heavy atom. The van der Waals surface area contributed by atoms with Crippen LogP contribution >= 0.6 is 0 Å². The van der Waals surface area contributed by atoms with E-state index in [9.17, 15) is 0 Å². The molecule has 2 saturated heterocycles. The first-order valence-corrected chi connectivity index (χ1v) is 12.5. The van der Waals surface area contributed by atoms with Crippen molar-refractivity contribution in [2.75, 3.05) is 46.0 Å². The van der Waals surface area contributed by atoms with Gasteiger partial charge in [-0.1, -0.05) is 12.8 Å². The average Bonchev–Trinajstić information content (AvgIpc) is 3.55.